The molecular weight excluding hydrogens is 653 g/mol. The Morgan fingerprint density at radius 3 is 1.29 bits per heavy atom. The van der Waals surface area contributed by atoms with Gasteiger partial charge in [0.1, 0.15) is 0 Å². The van der Waals surface area contributed by atoms with Gasteiger partial charge in [-0.3, -0.25) is 0 Å². The number of rotatable bonds is 3. The topological polar surface area (TPSA) is 0 Å². The van der Waals surface area contributed by atoms with Gasteiger partial charge in [0.15, 0.2) is 0 Å². The van der Waals surface area contributed by atoms with Crippen molar-refractivity contribution in [1.82, 2.24) is 0 Å². The van der Waals surface area contributed by atoms with Crippen molar-refractivity contribution in [3.05, 3.63) is 0 Å². The Morgan fingerprint density at radius 2 is 1.21 bits per heavy atom. The second-order valence-electron chi connectivity index (χ2n) is 2.14. The Labute approximate surface area is 135 Å². The number of alkyl halides is 10. The lowest BCUT2D eigenvalue weighted by atomic mass is 10.3. The minimum Gasteiger partial charge on any atom is -0.222 e. The summed E-state index contributed by atoms with van der Waals surface area (Å²) < 4.78 is 40.6. The normalized spacial score (nSPS) is 29.6. The molecule has 0 aliphatic rings. The Hall–Kier alpha value is 2.91. The minimum atomic E-state index is -3.46. The van der Waals surface area contributed by atoms with Crippen LogP contribution in [0.1, 0.15) is 0 Å². The molecule has 0 N–H and O–H groups in total. The summed E-state index contributed by atoms with van der Waals surface area (Å²) in [5.74, 6) is 0. The zero-order chi connectivity index (χ0) is 12.0. The molecule has 86 valence electrons. The van der Waals surface area contributed by atoms with Gasteiger partial charge in [-0.1, -0.05) is 11.6 Å². The molecule has 0 fully saturated rings. The van der Waals surface area contributed by atoms with Crippen LogP contribution >= 0.6 is 105 Å². The van der Waals surface area contributed by atoms with Crippen LogP contribution in [-0.4, -0.2) is 14.9 Å². The Kier molecular flexibility index (Phi) is 5.90. The Bertz CT molecular complexity index is 200. The summed E-state index contributed by atoms with van der Waals surface area (Å²) in [6.45, 7) is 0. The van der Waals surface area contributed by atoms with E-state index in [1.807, 2.05) is 0 Å². The average Bonchev–Trinajstić information content (AvgIpc) is 1.81. The highest BCUT2D eigenvalue weighted by molar-refractivity contribution is 14.1. The first-order valence-corrected chi connectivity index (χ1v) is 7.55. The van der Waals surface area contributed by atoms with E-state index in [2.05, 4.69) is 47.8 Å². The van der Waals surface area contributed by atoms with E-state index in [1.165, 1.54) is 0 Å². The van der Waals surface area contributed by atoms with Crippen molar-refractivity contribution in [2.75, 3.05) is 0 Å². The third-order valence-corrected chi connectivity index (χ3v) is 9.06. The van der Waals surface area contributed by atoms with Gasteiger partial charge in [-0.2, -0.15) is 0 Å². The van der Waals surface area contributed by atoms with Crippen LogP contribution in [0, 0.1) is 0 Å². The van der Waals surface area contributed by atoms with Crippen molar-refractivity contribution < 1.29 is 17.6 Å². The van der Waals surface area contributed by atoms with Crippen LogP contribution < -0.4 is 0 Å². The molecule has 0 saturated heterocycles. The highest BCUT2D eigenvalue weighted by Gasteiger charge is 2.71. The van der Waals surface area contributed by atoms with Gasteiger partial charge in [-0.25, -0.2) is 17.6 Å². The molecule has 0 aliphatic heterocycles. The average molecular weight is 653 g/mol. The largest absolute Gasteiger partial charge is 0.285 e. The molecule has 0 bridgehead atoms. The van der Waals surface area contributed by atoms with E-state index < -0.39 is 14.9 Å². The highest BCUT2D eigenvalue weighted by Crippen LogP contribution is 2.63. The molecule has 0 heterocycles. The van der Waals surface area contributed by atoms with Crippen LogP contribution in [0.4, 0.5) is 17.6 Å². The van der Waals surface area contributed by atoms with Crippen molar-refractivity contribution in [1.29, 1.82) is 0 Å². The fraction of sp³-hybridized carbons (Fsp3) is 1.00. The summed E-state index contributed by atoms with van der Waals surface area (Å²) in [4.78, 5) is 0. The molecule has 0 rings (SSSR count). The van der Waals surface area contributed by atoms with Crippen molar-refractivity contribution >= 4 is 105 Å². The van der Waals surface area contributed by atoms with Crippen molar-refractivity contribution in [2.24, 2.45) is 0 Å². The van der Waals surface area contributed by atoms with Gasteiger partial charge in [0.05, 0.1) is 0 Å². The first-order valence-electron chi connectivity index (χ1n) is 2.64. The van der Waals surface area contributed by atoms with Gasteiger partial charge in [0, 0.05) is 0 Å². The van der Waals surface area contributed by atoms with Crippen molar-refractivity contribution in [2.45, 2.75) is 14.9 Å². The number of hydrogen-bond donors (Lipinski definition) is 0. The van der Waals surface area contributed by atoms with Crippen LogP contribution in [0.3, 0.4) is 0 Å². The molecule has 14 heavy (non-hydrogen) atoms. The van der Waals surface area contributed by atoms with Crippen LogP contribution in [-0.2, 0) is 0 Å². The quantitative estimate of drug-likeness (QED) is 0.204. The van der Waals surface area contributed by atoms with Gasteiger partial charge < -0.3 is 0 Å². The van der Waals surface area contributed by atoms with Crippen LogP contribution in [0.5, 0.6) is 0 Å². The molecule has 0 aliphatic carbocycles. The maximum absolute atomic E-state index is 13.7. The summed E-state index contributed by atoms with van der Waals surface area (Å²) in [7, 11) is 0. The van der Waals surface area contributed by atoms with Crippen molar-refractivity contribution in [3.63, 3.8) is 0 Å². The molecule has 10 heteroatoms. The molecule has 0 radical (unpaired) electrons. The number of halogens is 10. The van der Waals surface area contributed by atoms with E-state index in [0.29, 0.717) is 0 Å². The maximum atomic E-state index is 13.7. The van der Waals surface area contributed by atoms with E-state index in [9.17, 15) is 17.6 Å². The summed E-state index contributed by atoms with van der Waals surface area (Å²) in [6, 6.07) is 0. The highest BCUT2D eigenvalue weighted by atomic mass is 127. The Morgan fingerprint density at radius 1 is 0.929 bits per heavy atom. The molecule has 0 spiro atoms. The summed E-state index contributed by atoms with van der Waals surface area (Å²) >= 11 is 13.0. The van der Waals surface area contributed by atoms with Crippen LogP contribution in [0.2, 0.25) is 0 Å². The fourth-order valence-corrected chi connectivity index (χ4v) is 3.22. The standard InChI is InChI=1S/C4Br3ClF4I2/c5-1(9,3(6,8)11)2(10,13)4(7,12)14. The number of hydrogen-bond acceptors (Lipinski definition) is 0. The molecule has 0 saturated carbocycles. The second kappa shape index (κ2) is 4.88. The van der Waals surface area contributed by atoms with Gasteiger partial charge >= 0.3 is 0 Å². The lowest BCUT2D eigenvalue weighted by Gasteiger charge is -2.37. The third kappa shape index (κ3) is 3.22. The first-order chi connectivity index (χ1) is 5.75. The second-order valence-corrected chi connectivity index (χ2v) is 10.9. The van der Waals surface area contributed by atoms with Crippen LogP contribution in [0.15, 0.2) is 0 Å². The molecule has 0 aromatic rings. The monoisotopic (exact) mass is 650 g/mol. The molecule has 0 nitrogen and oxygen atoms in total. The fourth-order valence-electron chi connectivity index (χ4n) is 0.356. The molecule has 4 atom stereocenters. The maximum Gasteiger partial charge on any atom is 0.285 e. The van der Waals surface area contributed by atoms with Crippen molar-refractivity contribution in [3.8, 4) is 0 Å². The summed E-state index contributed by atoms with van der Waals surface area (Å²) in [5, 5.41) is 0. The van der Waals surface area contributed by atoms with Gasteiger partial charge in [-0.05, 0) is 93.0 Å². The van der Waals surface area contributed by atoms with Crippen LogP contribution in [0.25, 0.3) is 0 Å². The van der Waals surface area contributed by atoms with E-state index in [1.54, 1.807) is 0 Å². The predicted molar refractivity (Wildman–Crippen MR) is 76.0 cm³/mol. The van der Waals surface area contributed by atoms with E-state index in [0.717, 1.165) is 45.2 Å². The summed E-state index contributed by atoms with van der Waals surface area (Å²) in [5.41, 5.74) is 0. The third-order valence-electron chi connectivity index (χ3n) is 1.11. The molecular formula is C4Br3ClF4I2. The SMILES string of the molecule is FC(Cl)(Br)C(F)(Br)C(F)(I)C(F)(Br)I. The van der Waals surface area contributed by atoms with Gasteiger partial charge in [0.25, 0.3) is 14.9 Å². The smallest absolute Gasteiger partial charge is 0.222 e. The molecule has 0 amide bonds. The molecule has 0 aromatic carbocycles. The van der Waals surface area contributed by atoms with E-state index >= 15 is 0 Å². The summed E-state index contributed by atoms with van der Waals surface area (Å²) in [6.07, 6.45) is 0. The van der Waals surface area contributed by atoms with Gasteiger partial charge in [-0.15, -0.1) is 0 Å². The predicted octanol–water partition coefficient (Wildman–Crippen LogP) is 5.86. The Balaban J connectivity index is 5.30. The molecule has 4 unspecified atom stereocenters. The lowest BCUT2D eigenvalue weighted by molar-refractivity contribution is 0.0422. The van der Waals surface area contributed by atoms with Gasteiger partial charge in [0.2, 0.25) is 0 Å². The first kappa shape index (κ1) is 16.9. The zero-order valence-electron chi connectivity index (χ0n) is 5.78. The van der Waals surface area contributed by atoms with E-state index in [-0.39, 0.29) is 0 Å². The lowest BCUT2D eigenvalue weighted by Crippen LogP contribution is -2.54. The van der Waals surface area contributed by atoms with E-state index in [4.69, 9.17) is 11.6 Å². The minimum absolute atomic E-state index is 0.778. The zero-order valence-corrected chi connectivity index (χ0v) is 15.6. The molecule has 0 aromatic heterocycles.